The Labute approximate surface area is 162 Å². The van der Waals surface area contributed by atoms with Crippen LogP contribution in [0.2, 0.25) is 0 Å². The summed E-state index contributed by atoms with van der Waals surface area (Å²) < 4.78 is 6.14. The second kappa shape index (κ2) is 9.33. The lowest BCUT2D eigenvalue weighted by Crippen LogP contribution is -2.51. The van der Waals surface area contributed by atoms with E-state index < -0.39 is 0 Å². The van der Waals surface area contributed by atoms with Crippen molar-refractivity contribution in [3.63, 3.8) is 0 Å². The Balaban J connectivity index is 1.75. The monoisotopic (exact) mass is 373 g/mol. The van der Waals surface area contributed by atoms with Gasteiger partial charge in [-0.2, -0.15) is 0 Å². The summed E-state index contributed by atoms with van der Waals surface area (Å²) in [6.45, 7) is 4.18. The van der Waals surface area contributed by atoms with Crippen LogP contribution in [-0.4, -0.2) is 79.5 Å². The van der Waals surface area contributed by atoms with Gasteiger partial charge in [-0.05, 0) is 31.5 Å². The van der Waals surface area contributed by atoms with Crippen molar-refractivity contribution < 1.29 is 14.3 Å². The fourth-order valence-corrected chi connectivity index (χ4v) is 4.01. The topological polar surface area (TPSA) is 53.1 Å². The number of benzene rings is 1. The summed E-state index contributed by atoms with van der Waals surface area (Å²) in [5.41, 5.74) is 1.11. The smallest absolute Gasteiger partial charge is 0.223 e. The third-order valence-electron chi connectivity index (χ3n) is 5.50. The molecule has 0 bridgehead atoms. The second-order valence-corrected chi connectivity index (χ2v) is 7.65. The van der Waals surface area contributed by atoms with E-state index in [-0.39, 0.29) is 36.8 Å². The molecule has 2 aliphatic heterocycles. The molecule has 0 aromatic heterocycles. The van der Waals surface area contributed by atoms with Crippen LogP contribution in [0.5, 0.6) is 0 Å². The van der Waals surface area contributed by atoms with Gasteiger partial charge in [0, 0.05) is 40.0 Å². The Morgan fingerprint density at radius 2 is 1.78 bits per heavy atom. The fourth-order valence-electron chi connectivity index (χ4n) is 4.01. The van der Waals surface area contributed by atoms with Crippen molar-refractivity contribution in [2.45, 2.75) is 37.8 Å². The van der Waals surface area contributed by atoms with E-state index in [2.05, 4.69) is 17.0 Å². The number of ether oxygens (including phenoxy) is 1. The van der Waals surface area contributed by atoms with Gasteiger partial charge in [-0.25, -0.2) is 0 Å². The van der Waals surface area contributed by atoms with Crippen LogP contribution in [0.25, 0.3) is 0 Å². The largest absolute Gasteiger partial charge is 0.373 e. The number of carbonyl (C=O) groups is 2. The van der Waals surface area contributed by atoms with Crippen molar-refractivity contribution in [2.75, 3.05) is 46.9 Å². The molecule has 2 atom stereocenters. The van der Waals surface area contributed by atoms with Crippen LogP contribution in [0.4, 0.5) is 0 Å². The van der Waals surface area contributed by atoms with Crippen LogP contribution >= 0.6 is 0 Å². The first kappa shape index (κ1) is 19.8. The highest BCUT2D eigenvalue weighted by atomic mass is 16.5. The highest BCUT2D eigenvalue weighted by Crippen LogP contribution is 2.31. The number of carbonyl (C=O) groups excluding carboxylic acids is 2. The number of nitrogens with zero attached hydrogens (tertiary/aromatic N) is 3. The number of morpholine rings is 1. The van der Waals surface area contributed by atoms with Gasteiger partial charge in [-0.3, -0.25) is 9.59 Å². The molecule has 6 nitrogen and oxygen atoms in total. The number of amides is 2. The van der Waals surface area contributed by atoms with E-state index in [1.807, 2.05) is 23.1 Å². The van der Waals surface area contributed by atoms with E-state index in [0.717, 1.165) is 25.2 Å². The lowest BCUT2D eigenvalue weighted by Gasteiger charge is -2.43. The van der Waals surface area contributed by atoms with Gasteiger partial charge in [-0.15, -0.1) is 0 Å². The minimum absolute atomic E-state index is 0.0125. The molecule has 0 unspecified atom stereocenters. The minimum Gasteiger partial charge on any atom is -0.373 e. The van der Waals surface area contributed by atoms with Crippen LogP contribution < -0.4 is 0 Å². The van der Waals surface area contributed by atoms with Gasteiger partial charge in [0.1, 0.15) is 0 Å². The van der Waals surface area contributed by atoms with Crippen LogP contribution in [0, 0.1) is 0 Å². The third kappa shape index (κ3) is 5.08. The molecule has 3 rings (SSSR count). The summed E-state index contributed by atoms with van der Waals surface area (Å²) in [7, 11) is 3.45. The Bertz CT molecular complexity index is 629. The van der Waals surface area contributed by atoms with E-state index in [0.29, 0.717) is 13.2 Å². The highest BCUT2D eigenvalue weighted by Gasteiger charge is 2.37. The van der Waals surface area contributed by atoms with Crippen molar-refractivity contribution in [2.24, 2.45) is 0 Å². The molecule has 0 spiro atoms. The molecule has 2 saturated heterocycles. The van der Waals surface area contributed by atoms with E-state index in [9.17, 15) is 9.59 Å². The minimum atomic E-state index is -0.0949. The predicted molar refractivity (Wildman–Crippen MR) is 104 cm³/mol. The van der Waals surface area contributed by atoms with Gasteiger partial charge < -0.3 is 19.4 Å². The average Bonchev–Trinajstić information content (AvgIpc) is 3.19. The van der Waals surface area contributed by atoms with Gasteiger partial charge in [0.2, 0.25) is 11.8 Å². The summed E-state index contributed by atoms with van der Waals surface area (Å²) >= 11 is 0. The Kier molecular flexibility index (Phi) is 6.85. The standard InChI is InChI=1S/C21H31N3O3/c1-22(2)19(25)10-11-20(26)24-14-15-27-18(16-23-12-6-7-13-23)21(24)17-8-4-3-5-9-17/h3-5,8-9,18,21H,6-7,10-16H2,1-2H3/t18-,21-/m0/s1. The Hall–Kier alpha value is -1.92. The van der Waals surface area contributed by atoms with Crippen molar-refractivity contribution in [3.8, 4) is 0 Å². The molecule has 0 saturated carbocycles. The van der Waals surface area contributed by atoms with Crippen molar-refractivity contribution in [3.05, 3.63) is 35.9 Å². The van der Waals surface area contributed by atoms with Gasteiger partial charge in [0.15, 0.2) is 0 Å². The van der Waals surface area contributed by atoms with Crippen LogP contribution in [0.1, 0.15) is 37.3 Å². The van der Waals surface area contributed by atoms with Crippen molar-refractivity contribution >= 4 is 11.8 Å². The summed E-state index contributed by atoms with van der Waals surface area (Å²) in [5.74, 6) is 0.0234. The van der Waals surface area contributed by atoms with Gasteiger partial charge >= 0.3 is 0 Å². The zero-order chi connectivity index (χ0) is 19.2. The van der Waals surface area contributed by atoms with Crippen LogP contribution in [0.15, 0.2) is 30.3 Å². The maximum atomic E-state index is 13.0. The summed E-state index contributed by atoms with van der Waals surface area (Å²) in [4.78, 5) is 30.8. The van der Waals surface area contributed by atoms with Crippen molar-refractivity contribution in [1.29, 1.82) is 0 Å². The van der Waals surface area contributed by atoms with E-state index in [1.54, 1.807) is 14.1 Å². The molecule has 0 N–H and O–H groups in total. The normalized spacial score (nSPS) is 23.4. The highest BCUT2D eigenvalue weighted by molar-refractivity contribution is 5.84. The predicted octanol–water partition coefficient (Wildman–Crippen LogP) is 1.92. The van der Waals surface area contributed by atoms with Crippen LogP contribution in [0.3, 0.4) is 0 Å². The number of hydrogen-bond acceptors (Lipinski definition) is 4. The maximum absolute atomic E-state index is 13.0. The molecule has 148 valence electrons. The lowest BCUT2D eigenvalue weighted by atomic mass is 9.97. The Morgan fingerprint density at radius 1 is 1.07 bits per heavy atom. The fraction of sp³-hybridized carbons (Fsp3) is 0.619. The molecule has 1 aromatic rings. The summed E-state index contributed by atoms with van der Waals surface area (Å²) in [5, 5.41) is 0. The molecule has 2 amide bonds. The first-order valence-electron chi connectivity index (χ1n) is 9.95. The number of likely N-dealkylation sites (tertiary alicyclic amines) is 1. The lowest BCUT2D eigenvalue weighted by molar-refractivity contribution is -0.149. The van der Waals surface area contributed by atoms with Crippen LogP contribution in [-0.2, 0) is 14.3 Å². The quantitative estimate of drug-likeness (QED) is 0.765. The summed E-state index contributed by atoms with van der Waals surface area (Å²) in [6.07, 6.45) is 2.93. The molecule has 2 fully saturated rings. The third-order valence-corrected chi connectivity index (χ3v) is 5.50. The second-order valence-electron chi connectivity index (χ2n) is 7.65. The molecule has 6 heteroatoms. The summed E-state index contributed by atoms with van der Waals surface area (Å²) in [6, 6.07) is 10.1. The van der Waals surface area contributed by atoms with Gasteiger partial charge in [0.05, 0.1) is 18.8 Å². The Morgan fingerprint density at radius 3 is 2.44 bits per heavy atom. The number of hydrogen-bond donors (Lipinski definition) is 0. The zero-order valence-electron chi connectivity index (χ0n) is 16.5. The molecule has 0 aliphatic carbocycles. The van der Waals surface area contributed by atoms with E-state index in [1.165, 1.54) is 17.7 Å². The van der Waals surface area contributed by atoms with Crippen molar-refractivity contribution in [1.82, 2.24) is 14.7 Å². The van der Waals surface area contributed by atoms with E-state index >= 15 is 0 Å². The van der Waals surface area contributed by atoms with E-state index in [4.69, 9.17) is 4.74 Å². The van der Waals surface area contributed by atoms with Gasteiger partial charge in [-0.1, -0.05) is 30.3 Å². The zero-order valence-corrected chi connectivity index (χ0v) is 16.5. The molecule has 2 heterocycles. The first-order chi connectivity index (χ1) is 13.1. The first-order valence-corrected chi connectivity index (χ1v) is 9.95. The number of rotatable bonds is 6. The van der Waals surface area contributed by atoms with Gasteiger partial charge in [0.25, 0.3) is 0 Å². The molecule has 2 aliphatic rings. The molecular formula is C21H31N3O3. The molecule has 27 heavy (non-hydrogen) atoms. The average molecular weight is 373 g/mol. The maximum Gasteiger partial charge on any atom is 0.223 e. The molecular weight excluding hydrogens is 342 g/mol. The SMILES string of the molecule is CN(C)C(=O)CCC(=O)N1CCO[C@@H](CN2CCCC2)[C@@H]1c1ccccc1. The molecule has 1 aromatic carbocycles. The molecule has 0 radical (unpaired) electrons.